The van der Waals surface area contributed by atoms with Crippen LogP contribution in [0.15, 0.2) is 12.1 Å². The lowest BCUT2D eigenvalue weighted by Gasteiger charge is -2.15. The van der Waals surface area contributed by atoms with Crippen molar-refractivity contribution < 1.29 is 27.5 Å². The smallest absolute Gasteiger partial charge is 0.410 e. The predicted octanol–water partition coefficient (Wildman–Crippen LogP) is 3.90. The maximum absolute atomic E-state index is 12.1. The van der Waals surface area contributed by atoms with E-state index in [1.807, 2.05) is 13.8 Å². The number of nitrogens with one attached hydrogen (secondary N) is 1. The first-order chi connectivity index (χ1) is 9.52. The average molecular weight is 415 g/mol. The SMILES string of the molecule is Cc1cc(OC(=O)NC(=O)C(F)(F)F)c(C(C)C)cc1I. The molecule has 0 aliphatic rings. The Morgan fingerprint density at radius 1 is 1.29 bits per heavy atom. The number of rotatable bonds is 2. The second-order valence-corrected chi connectivity index (χ2v) is 5.80. The molecule has 0 heterocycles. The maximum atomic E-state index is 12.1. The Morgan fingerprint density at radius 2 is 1.86 bits per heavy atom. The normalized spacial score (nSPS) is 11.4. The first kappa shape index (κ1) is 17.7. The lowest BCUT2D eigenvalue weighted by Crippen LogP contribution is -2.42. The molecule has 1 aromatic carbocycles. The van der Waals surface area contributed by atoms with Crippen molar-refractivity contribution in [3.63, 3.8) is 0 Å². The van der Waals surface area contributed by atoms with Crippen molar-refractivity contribution in [2.45, 2.75) is 32.9 Å². The second kappa shape index (κ2) is 6.63. The van der Waals surface area contributed by atoms with Gasteiger partial charge in [-0.05, 0) is 58.7 Å². The highest BCUT2D eigenvalue weighted by Gasteiger charge is 2.40. The van der Waals surface area contributed by atoms with Gasteiger partial charge in [0.15, 0.2) is 0 Å². The number of amides is 2. The van der Waals surface area contributed by atoms with Gasteiger partial charge in [-0.15, -0.1) is 0 Å². The van der Waals surface area contributed by atoms with Gasteiger partial charge < -0.3 is 4.74 Å². The topological polar surface area (TPSA) is 55.4 Å². The van der Waals surface area contributed by atoms with Crippen molar-refractivity contribution in [3.05, 3.63) is 26.8 Å². The molecule has 0 spiro atoms. The van der Waals surface area contributed by atoms with Crippen LogP contribution in [0.3, 0.4) is 0 Å². The van der Waals surface area contributed by atoms with Gasteiger partial charge in [0.1, 0.15) is 5.75 Å². The van der Waals surface area contributed by atoms with E-state index < -0.39 is 18.2 Å². The van der Waals surface area contributed by atoms with E-state index in [9.17, 15) is 22.8 Å². The molecule has 21 heavy (non-hydrogen) atoms. The zero-order chi connectivity index (χ0) is 16.4. The number of hydrogen-bond donors (Lipinski definition) is 1. The molecular formula is C13H13F3INO3. The molecule has 8 heteroatoms. The number of carbonyl (C=O) groups is 2. The molecule has 2 amide bonds. The first-order valence-corrected chi connectivity index (χ1v) is 7.00. The standard InChI is InChI=1S/C13H13F3INO3/c1-6(2)8-5-9(17)7(3)4-10(8)21-12(20)18-11(19)13(14,15)16/h4-6H,1-3H3,(H,18,19,20). The highest BCUT2D eigenvalue weighted by Crippen LogP contribution is 2.30. The van der Waals surface area contributed by atoms with Gasteiger partial charge >= 0.3 is 18.2 Å². The van der Waals surface area contributed by atoms with Gasteiger partial charge in [0.05, 0.1) is 0 Å². The van der Waals surface area contributed by atoms with Crippen LogP contribution in [0.4, 0.5) is 18.0 Å². The van der Waals surface area contributed by atoms with E-state index in [-0.39, 0.29) is 11.7 Å². The largest absolute Gasteiger partial charge is 0.471 e. The lowest BCUT2D eigenvalue weighted by atomic mass is 10.0. The van der Waals surface area contributed by atoms with Crippen LogP contribution < -0.4 is 10.1 Å². The fourth-order valence-corrected chi connectivity index (χ4v) is 1.99. The molecule has 0 fully saturated rings. The van der Waals surface area contributed by atoms with Crippen molar-refractivity contribution in [2.24, 2.45) is 0 Å². The number of ether oxygens (including phenoxy) is 1. The molecule has 0 aromatic heterocycles. The Balaban J connectivity index is 2.95. The van der Waals surface area contributed by atoms with Crippen LogP contribution in [0.5, 0.6) is 5.75 Å². The Bertz CT molecular complexity index is 571. The number of aryl methyl sites for hydroxylation is 1. The summed E-state index contributed by atoms with van der Waals surface area (Å²) >= 11 is 2.11. The van der Waals surface area contributed by atoms with Crippen molar-refractivity contribution in [2.75, 3.05) is 0 Å². The van der Waals surface area contributed by atoms with Gasteiger partial charge in [-0.3, -0.25) is 10.1 Å². The number of imide groups is 1. The molecule has 0 atom stereocenters. The number of alkyl halides is 3. The fraction of sp³-hybridized carbons (Fsp3) is 0.385. The van der Waals surface area contributed by atoms with Crippen molar-refractivity contribution >= 4 is 34.6 Å². The number of benzene rings is 1. The quantitative estimate of drug-likeness (QED) is 0.746. The van der Waals surface area contributed by atoms with Crippen LogP contribution in [0.1, 0.15) is 30.9 Å². The molecule has 0 bridgehead atoms. The van der Waals surface area contributed by atoms with Gasteiger partial charge in [0.2, 0.25) is 0 Å². The van der Waals surface area contributed by atoms with E-state index in [1.54, 1.807) is 19.1 Å². The summed E-state index contributed by atoms with van der Waals surface area (Å²) in [5.41, 5.74) is 1.48. The summed E-state index contributed by atoms with van der Waals surface area (Å²) in [5.74, 6) is -2.23. The average Bonchev–Trinajstić information content (AvgIpc) is 2.31. The van der Waals surface area contributed by atoms with Crippen LogP contribution in [-0.2, 0) is 4.79 Å². The highest BCUT2D eigenvalue weighted by atomic mass is 127. The summed E-state index contributed by atoms with van der Waals surface area (Å²) < 4.78 is 41.9. The van der Waals surface area contributed by atoms with E-state index in [1.165, 1.54) is 0 Å². The summed E-state index contributed by atoms with van der Waals surface area (Å²) in [5, 5.41) is 1.14. The Morgan fingerprint density at radius 3 is 2.33 bits per heavy atom. The second-order valence-electron chi connectivity index (χ2n) is 4.64. The van der Waals surface area contributed by atoms with Crippen LogP contribution in [0.2, 0.25) is 0 Å². The molecule has 0 saturated carbocycles. The number of carbonyl (C=O) groups excluding carboxylic acids is 2. The van der Waals surface area contributed by atoms with Crippen molar-refractivity contribution in [3.8, 4) is 5.75 Å². The third kappa shape index (κ3) is 4.87. The maximum Gasteiger partial charge on any atom is 0.471 e. The molecule has 1 aromatic rings. The van der Waals surface area contributed by atoms with Crippen molar-refractivity contribution in [1.29, 1.82) is 0 Å². The summed E-state index contributed by atoms with van der Waals surface area (Å²) in [6.45, 7) is 5.48. The molecule has 1 N–H and O–H groups in total. The van der Waals surface area contributed by atoms with Gasteiger partial charge in [0.25, 0.3) is 0 Å². The molecule has 1 rings (SSSR count). The van der Waals surface area contributed by atoms with Crippen LogP contribution >= 0.6 is 22.6 Å². The molecule has 0 aliphatic heterocycles. The van der Waals surface area contributed by atoms with E-state index in [0.717, 1.165) is 14.5 Å². The lowest BCUT2D eigenvalue weighted by molar-refractivity contribution is -0.172. The molecule has 0 saturated heterocycles. The molecule has 4 nitrogen and oxygen atoms in total. The molecule has 0 unspecified atom stereocenters. The predicted molar refractivity (Wildman–Crippen MR) is 78.2 cm³/mol. The van der Waals surface area contributed by atoms with Gasteiger partial charge in [-0.25, -0.2) is 4.79 Å². The minimum atomic E-state index is -5.14. The molecule has 116 valence electrons. The van der Waals surface area contributed by atoms with Crippen LogP contribution in [-0.4, -0.2) is 18.2 Å². The minimum Gasteiger partial charge on any atom is -0.410 e. The number of hydrogen-bond acceptors (Lipinski definition) is 3. The van der Waals surface area contributed by atoms with Gasteiger partial charge in [-0.1, -0.05) is 13.8 Å². The first-order valence-electron chi connectivity index (χ1n) is 5.92. The minimum absolute atomic E-state index is 0.000216. The zero-order valence-electron chi connectivity index (χ0n) is 11.5. The van der Waals surface area contributed by atoms with Crippen LogP contribution in [0, 0.1) is 10.5 Å². The fourth-order valence-electron chi connectivity index (χ4n) is 1.50. The summed E-state index contributed by atoms with van der Waals surface area (Å²) in [6.07, 6.45) is -6.60. The molecule has 0 aliphatic carbocycles. The molecule has 0 radical (unpaired) electrons. The highest BCUT2D eigenvalue weighted by molar-refractivity contribution is 14.1. The summed E-state index contributed by atoms with van der Waals surface area (Å²) in [4.78, 5) is 22.1. The van der Waals surface area contributed by atoms with E-state index in [4.69, 9.17) is 4.74 Å². The Labute approximate surface area is 133 Å². The number of halogens is 4. The van der Waals surface area contributed by atoms with Gasteiger partial charge in [-0.2, -0.15) is 13.2 Å². The summed E-state index contributed by atoms with van der Waals surface area (Å²) in [7, 11) is 0. The zero-order valence-corrected chi connectivity index (χ0v) is 13.6. The van der Waals surface area contributed by atoms with E-state index >= 15 is 0 Å². The van der Waals surface area contributed by atoms with Crippen molar-refractivity contribution in [1.82, 2.24) is 5.32 Å². The third-order valence-corrected chi connectivity index (χ3v) is 3.75. The third-order valence-electron chi connectivity index (χ3n) is 2.59. The monoisotopic (exact) mass is 415 g/mol. The summed E-state index contributed by atoms with van der Waals surface area (Å²) in [6, 6.07) is 3.34. The Hall–Kier alpha value is -1.32. The van der Waals surface area contributed by atoms with Gasteiger partial charge in [0, 0.05) is 3.57 Å². The van der Waals surface area contributed by atoms with E-state index in [0.29, 0.717) is 5.56 Å². The Kier molecular flexibility index (Phi) is 5.60. The van der Waals surface area contributed by atoms with E-state index in [2.05, 4.69) is 22.6 Å². The van der Waals surface area contributed by atoms with Crippen LogP contribution in [0.25, 0.3) is 0 Å². The molecular weight excluding hydrogens is 402 g/mol.